The molecule has 5 nitrogen and oxygen atoms in total. The summed E-state index contributed by atoms with van der Waals surface area (Å²) < 4.78 is 0. The van der Waals surface area contributed by atoms with Crippen molar-refractivity contribution in [3.63, 3.8) is 0 Å². The molecule has 0 heterocycles. The highest BCUT2D eigenvalue weighted by Gasteiger charge is 2.26. The molecule has 1 saturated carbocycles. The van der Waals surface area contributed by atoms with E-state index in [1.54, 1.807) is 12.1 Å². The molecule has 1 aromatic carbocycles. The minimum absolute atomic E-state index is 0.0543. The zero-order chi connectivity index (χ0) is 14.5. The van der Waals surface area contributed by atoms with Crippen LogP contribution in [0.3, 0.4) is 0 Å². The third-order valence-corrected chi connectivity index (χ3v) is 3.28. The molecule has 1 atom stereocenters. The standard InChI is InChI=1S/C14H17N3O2S/c15-13(20)12(9-4-2-1-3-5-9)14(19)16-8-11(18)17-10-6-7-10/h1-5,10,12H,6-8H2,(H2,15,20)(H,16,19)(H,17,18). The number of rotatable bonds is 6. The smallest absolute Gasteiger partial charge is 0.239 e. The average molecular weight is 291 g/mol. The monoisotopic (exact) mass is 291 g/mol. The number of thiocarbonyl (C=S) groups is 1. The van der Waals surface area contributed by atoms with Crippen LogP contribution in [0.5, 0.6) is 0 Å². The summed E-state index contributed by atoms with van der Waals surface area (Å²) in [6.07, 6.45) is 2.03. The molecule has 0 aromatic heterocycles. The van der Waals surface area contributed by atoms with Crippen molar-refractivity contribution in [3.05, 3.63) is 35.9 Å². The molecule has 1 aliphatic carbocycles. The molecular weight excluding hydrogens is 274 g/mol. The predicted molar refractivity (Wildman–Crippen MR) is 80.1 cm³/mol. The number of nitrogens with one attached hydrogen (secondary N) is 2. The van der Waals surface area contributed by atoms with E-state index >= 15 is 0 Å². The Morgan fingerprint density at radius 3 is 2.50 bits per heavy atom. The molecule has 6 heteroatoms. The van der Waals surface area contributed by atoms with Crippen LogP contribution in [0.1, 0.15) is 24.3 Å². The first-order valence-electron chi connectivity index (χ1n) is 6.49. The van der Waals surface area contributed by atoms with Crippen molar-refractivity contribution >= 4 is 29.0 Å². The number of nitrogens with two attached hydrogens (primary N) is 1. The molecule has 0 radical (unpaired) electrons. The molecule has 1 fully saturated rings. The topological polar surface area (TPSA) is 84.2 Å². The van der Waals surface area contributed by atoms with Crippen LogP contribution in [0.15, 0.2) is 30.3 Å². The number of amides is 2. The lowest BCUT2D eigenvalue weighted by molar-refractivity contribution is -0.126. The van der Waals surface area contributed by atoms with E-state index in [2.05, 4.69) is 10.6 Å². The summed E-state index contributed by atoms with van der Waals surface area (Å²) in [5, 5.41) is 5.38. The maximum Gasteiger partial charge on any atom is 0.239 e. The second-order valence-electron chi connectivity index (χ2n) is 4.81. The summed E-state index contributed by atoms with van der Waals surface area (Å²) in [6, 6.07) is 9.32. The van der Waals surface area contributed by atoms with Gasteiger partial charge in [-0.15, -0.1) is 0 Å². The molecule has 0 saturated heterocycles. The van der Waals surface area contributed by atoms with E-state index in [1.165, 1.54) is 0 Å². The number of hydrogen-bond acceptors (Lipinski definition) is 3. The zero-order valence-electron chi connectivity index (χ0n) is 11.0. The van der Waals surface area contributed by atoms with Gasteiger partial charge in [-0.1, -0.05) is 42.5 Å². The summed E-state index contributed by atoms with van der Waals surface area (Å²) in [6.45, 7) is -0.0543. The molecule has 1 unspecified atom stereocenters. The first-order chi connectivity index (χ1) is 9.58. The van der Waals surface area contributed by atoms with Gasteiger partial charge in [0.1, 0.15) is 5.92 Å². The number of carbonyl (C=O) groups excluding carboxylic acids is 2. The van der Waals surface area contributed by atoms with Gasteiger partial charge >= 0.3 is 0 Å². The Labute approximate surface area is 122 Å². The SMILES string of the molecule is NC(=S)C(C(=O)NCC(=O)NC1CC1)c1ccccc1. The molecule has 0 bridgehead atoms. The molecule has 20 heavy (non-hydrogen) atoms. The molecule has 1 aliphatic rings. The summed E-state index contributed by atoms with van der Waals surface area (Å²) in [4.78, 5) is 23.8. The second-order valence-corrected chi connectivity index (χ2v) is 5.28. The van der Waals surface area contributed by atoms with E-state index in [9.17, 15) is 9.59 Å². The van der Waals surface area contributed by atoms with E-state index in [0.717, 1.165) is 18.4 Å². The van der Waals surface area contributed by atoms with Crippen LogP contribution >= 0.6 is 12.2 Å². The van der Waals surface area contributed by atoms with E-state index in [1.807, 2.05) is 18.2 Å². The highest BCUT2D eigenvalue weighted by Crippen LogP contribution is 2.18. The van der Waals surface area contributed by atoms with Crippen LogP contribution in [0.4, 0.5) is 0 Å². The lowest BCUT2D eigenvalue weighted by Crippen LogP contribution is -2.42. The molecule has 106 valence electrons. The summed E-state index contributed by atoms with van der Waals surface area (Å²) in [5.74, 6) is -1.25. The Morgan fingerprint density at radius 2 is 1.95 bits per heavy atom. The number of benzene rings is 1. The van der Waals surface area contributed by atoms with Crippen LogP contribution in [0.25, 0.3) is 0 Å². The Hall–Kier alpha value is -1.95. The highest BCUT2D eigenvalue weighted by atomic mass is 32.1. The highest BCUT2D eigenvalue weighted by molar-refractivity contribution is 7.80. The summed E-state index contributed by atoms with van der Waals surface area (Å²) in [7, 11) is 0. The Morgan fingerprint density at radius 1 is 1.30 bits per heavy atom. The molecule has 0 spiro atoms. The molecule has 1 aromatic rings. The normalized spacial score (nSPS) is 15.2. The maximum absolute atomic E-state index is 12.1. The van der Waals surface area contributed by atoms with Crippen molar-refractivity contribution < 1.29 is 9.59 Å². The Bertz CT molecular complexity index is 514. The molecule has 2 amide bonds. The van der Waals surface area contributed by atoms with Gasteiger partial charge in [-0.2, -0.15) is 0 Å². The third kappa shape index (κ3) is 4.03. The minimum Gasteiger partial charge on any atom is -0.392 e. The van der Waals surface area contributed by atoms with E-state index in [0.29, 0.717) is 0 Å². The number of carbonyl (C=O) groups is 2. The van der Waals surface area contributed by atoms with Crippen LogP contribution in [0, 0.1) is 0 Å². The van der Waals surface area contributed by atoms with Gasteiger partial charge in [0.15, 0.2) is 0 Å². The average Bonchev–Trinajstić information content (AvgIpc) is 3.21. The van der Waals surface area contributed by atoms with Crippen molar-refractivity contribution in [2.45, 2.75) is 24.8 Å². The quantitative estimate of drug-likeness (QED) is 0.665. The fourth-order valence-electron chi connectivity index (χ4n) is 1.87. The van der Waals surface area contributed by atoms with E-state index in [-0.39, 0.29) is 29.4 Å². The van der Waals surface area contributed by atoms with Crippen LogP contribution in [-0.4, -0.2) is 29.4 Å². The van der Waals surface area contributed by atoms with Crippen molar-refractivity contribution in [1.82, 2.24) is 10.6 Å². The molecule has 2 rings (SSSR count). The molecular formula is C14H17N3O2S. The van der Waals surface area contributed by atoms with Gasteiger partial charge in [0, 0.05) is 6.04 Å². The van der Waals surface area contributed by atoms with Crippen LogP contribution < -0.4 is 16.4 Å². The lowest BCUT2D eigenvalue weighted by atomic mass is 9.98. The van der Waals surface area contributed by atoms with Crippen molar-refractivity contribution in [3.8, 4) is 0 Å². The van der Waals surface area contributed by atoms with Gasteiger partial charge in [0.2, 0.25) is 11.8 Å². The van der Waals surface area contributed by atoms with Crippen molar-refractivity contribution in [2.75, 3.05) is 6.54 Å². The van der Waals surface area contributed by atoms with Gasteiger partial charge < -0.3 is 16.4 Å². The molecule has 0 aliphatic heterocycles. The molecule has 4 N–H and O–H groups in total. The van der Waals surface area contributed by atoms with Gasteiger partial charge in [-0.25, -0.2) is 0 Å². The fraction of sp³-hybridized carbons (Fsp3) is 0.357. The van der Waals surface area contributed by atoms with Crippen molar-refractivity contribution in [2.24, 2.45) is 5.73 Å². The fourth-order valence-corrected chi connectivity index (χ4v) is 2.11. The van der Waals surface area contributed by atoms with Gasteiger partial charge in [0.05, 0.1) is 11.5 Å². The van der Waals surface area contributed by atoms with E-state index in [4.69, 9.17) is 18.0 Å². The van der Waals surface area contributed by atoms with Crippen LogP contribution in [-0.2, 0) is 9.59 Å². The first kappa shape index (κ1) is 14.5. The third-order valence-electron chi connectivity index (χ3n) is 3.05. The van der Waals surface area contributed by atoms with Gasteiger partial charge in [0.25, 0.3) is 0 Å². The largest absolute Gasteiger partial charge is 0.392 e. The second kappa shape index (κ2) is 6.47. The first-order valence-corrected chi connectivity index (χ1v) is 6.90. The Kier molecular flexibility index (Phi) is 4.68. The van der Waals surface area contributed by atoms with Crippen molar-refractivity contribution in [1.29, 1.82) is 0 Å². The predicted octanol–water partition coefficient (Wildman–Crippen LogP) is 0.451. The zero-order valence-corrected chi connectivity index (χ0v) is 11.8. The van der Waals surface area contributed by atoms with E-state index < -0.39 is 5.92 Å². The van der Waals surface area contributed by atoms with Crippen LogP contribution in [0.2, 0.25) is 0 Å². The maximum atomic E-state index is 12.1. The minimum atomic E-state index is -0.708. The summed E-state index contributed by atoms with van der Waals surface area (Å²) in [5.41, 5.74) is 6.36. The van der Waals surface area contributed by atoms with Gasteiger partial charge in [-0.3, -0.25) is 9.59 Å². The Balaban J connectivity index is 1.93. The summed E-state index contributed by atoms with van der Waals surface area (Å²) >= 11 is 4.95. The number of hydrogen-bond donors (Lipinski definition) is 3. The van der Waals surface area contributed by atoms with Gasteiger partial charge in [-0.05, 0) is 18.4 Å². The lowest BCUT2D eigenvalue weighted by Gasteiger charge is -2.15.